The van der Waals surface area contributed by atoms with Crippen molar-refractivity contribution in [2.75, 3.05) is 0 Å². The van der Waals surface area contributed by atoms with E-state index in [9.17, 15) is 0 Å². The maximum atomic E-state index is 2.62. The fourth-order valence-electron chi connectivity index (χ4n) is 12.1. The molecule has 0 nitrogen and oxygen atoms in total. The molecule has 0 aromatic heterocycles. The summed E-state index contributed by atoms with van der Waals surface area (Å²) in [7, 11) is 0. The fraction of sp³-hybridized carbons (Fsp3) is 0.100. The Hall–Kier alpha value is -7.02. The molecule has 0 saturated carbocycles. The highest BCUT2D eigenvalue weighted by Crippen LogP contribution is 2.52. The number of benzene rings is 10. The smallest absolute Gasteiger partial charge is 0.000763 e. The van der Waals surface area contributed by atoms with Crippen molar-refractivity contribution in [1.29, 1.82) is 0 Å². The lowest BCUT2D eigenvalue weighted by Gasteiger charge is -2.24. The van der Waals surface area contributed by atoms with Gasteiger partial charge in [0.1, 0.15) is 0 Å². The minimum atomic E-state index is 1.07. The quantitative estimate of drug-likeness (QED) is 0.124. The average molecular weight is 761 g/mol. The Kier molecular flexibility index (Phi) is 6.72. The summed E-state index contributed by atoms with van der Waals surface area (Å²) in [5.41, 5.74) is 16.9. The first-order chi connectivity index (χ1) is 29.8. The van der Waals surface area contributed by atoms with Gasteiger partial charge in [0.2, 0.25) is 0 Å². The van der Waals surface area contributed by atoms with E-state index in [1.165, 1.54) is 131 Å². The van der Waals surface area contributed by atoms with Crippen LogP contribution in [0.1, 0.15) is 47.9 Å². The van der Waals surface area contributed by atoms with E-state index in [1.54, 1.807) is 11.1 Å². The molecule has 0 saturated heterocycles. The van der Waals surface area contributed by atoms with Crippen molar-refractivity contribution < 1.29 is 0 Å². The molecule has 0 atom stereocenters. The molecule has 14 rings (SSSR count). The summed E-state index contributed by atoms with van der Waals surface area (Å²) in [6.45, 7) is 0. The molecule has 0 amide bonds. The molecule has 0 heterocycles. The topological polar surface area (TPSA) is 0 Å². The molecule has 4 aliphatic carbocycles. The van der Waals surface area contributed by atoms with Crippen LogP contribution < -0.4 is 10.4 Å². The largest absolute Gasteiger partial charge is 0.0836 e. The molecular weight excluding hydrogens is 721 g/mol. The van der Waals surface area contributed by atoms with Gasteiger partial charge in [0.05, 0.1) is 0 Å². The van der Waals surface area contributed by atoms with Crippen LogP contribution in [0.3, 0.4) is 0 Å². The molecule has 10 aromatic carbocycles. The van der Waals surface area contributed by atoms with Gasteiger partial charge in [-0.2, -0.15) is 0 Å². The summed E-state index contributed by atoms with van der Waals surface area (Å²) in [6, 6.07) is 55.8. The third-order valence-corrected chi connectivity index (χ3v) is 14.5. The maximum absolute atomic E-state index is 2.62. The minimum Gasteiger partial charge on any atom is -0.0836 e. The van der Waals surface area contributed by atoms with E-state index in [2.05, 4.69) is 170 Å². The zero-order chi connectivity index (χ0) is 39.1. The fourth-order valence-corrected chi connectivity index (χ4v) is 12.1. The van der Waals surface area contributed by atoms with Crippen molar-refractivity contribution in [1.82, 2.24) is 0 Å². The van der Waals surface area contributed by atoms with Gasteiger partial charge < -0.3 is 0 Å². The van der Waals surface area contributed by atoms with Gasteiger partial charge in [-0.05, 0) is 205 Å². The molecule has 0 bridgehead atoms. The summed E-state index contributed by atoms with van der Waals surface area (Å²) in [5, 5.41) is 19.4. The number of rotatable bonds is 3. The third-order valence-electron chi connectivity index (χ3n) is 14.5. The Morgan fingerprint density at radius 1 is 0.350 bits per heavy atom. The van der Waals surface area contributed by atoms with Crippen LogP contribution in [0.15, 0.2) is 164 Å². The number of hydrogen-bond donors (Lipinski definition) is 0. The van der Waals surface area contributed by atoms with Gasteiger partial charge in [0.25, 0.3) is 0 Å². The Morgan fingerprint density at radius 2 is 0.967 bits per heavy atom. The SMILES string of the molecule is C1=CC(c2cc3c4c(c5c6c7c(ccc6c4c2)-c2cc4c(-c6ccccc6)c6c8ccccc8c8ccccc8c6c(-c6ccccc6)c4cc2C=7CC5)CCC=3)=CCC1. The second-order valence-electron chi connectivity index (χ2n) is 17.5. The maximum Gasteiger partial charge on any atom is -0.000763 e. The summed E-state index contributed by atoms with van der Waals surface area (Å²) in [4.78, 5) is 0. The third kappa shape index (κ3) is 4.36. The van der Waals surface area contributed by atoms with Gasteiger partial charge in [-0.25, -0.2) is 0 Å². The lowest BCUT2D eigenvalue weighted by molar-refractivity contribution is 0.949. The first-order valence-electron chi connectivity index (χ1n) is 21.9. The second-order valence-corrected chi connectivity index (χ2v) is 17.5. The monoisotopic (exact) mass is 760 g/mol. The normalized spacial score (nSPS) is 15.1. The van der Waals surface area contributed by atoms with Crippen LogP contribution in [0.4, 0.5) is 0 Å². The highest BCUT2D eigenvalue weighted by molar-refractivity contribution is 6.37. The van der Waals surface area contributed by atoms with Gasteiger partial charge in [-0.1, -0.05) is 146 Å². The first-order valence-corrected chi connectivity index (χ1v) is 21.9. The summed E-state index contributed by atoms with van der Waals surface area (Å²) >= 11 is 0. The molecule has 60 heavy (non-hydrogen) atoms. The van der Waals surface area contributed by atoms with Crippen LogP contribution >= 0.6 is 0 Å². The Morgan fingerprint density at radius 3 is 1.63 bits per heavy atom. The number of hydrogen-bond acceptors (Lipinski definition) is 0. The van der Waals surface area contributed by atoms with Crippen molar-refractivity contribution in [3.8, 4) is 33.4 Å². The van der Waals surface area contributed by atoms with E-state index >= 15 is 0 Å². The average Bonchev–Trinajstić information content (AvgIpc) is 3.64. The van der Waals surface area contributed by atoms with Crippen LogP contribution in [0.25, 0.3) is 115 Å². The number of aryl methyl sites for hydroxylation is 2. The standard InChI is InChI=1S/C60H40/c1-4-15-35(16-5-1)39-31-38-21-14-26-44-45-27-28-46-49-33-52-53(34-50(49)47-29-30-48(57(45)58(46)47)51(32-39)54(38)44)56(37-19-8-3-9-20-37)60-43-25-13-11-23-41(43)40-22-10-12-24-42(40)59(60)55(52)36-17-6-2-7-18-36/h2-4,6-13,15-25,29-34H,1,5,14,26-28H2. The van der Waals surface area contributed by atoms with E-state index in [4.69, 9.17) is 0 Å². The molecule has 0 heteroatoms. The van der Waals surface area contributed by atoms with Gasteiger partial charge in [0.15, 0.2) is 0 Å². The van der Waals surface area contributed by atoms with E-state index in [0.29, 0.717) is 0 Å². The second kappa shape index (κ2) is 12.3. The van der Waals surface area contributed by atoms with Crippen molar-refractivity contribution in [3.05, 3.63) is 197 Å². The molecule has 280 valence electrons. The summed E-state index contributed by atoms with van der Waals surface area (Å²) in [6.07, 6.45) is 16.3. The molecule has 0 radical (unpaired) electrons. The zero-order valence-electron chi connectivity index (χ0n) is 33.4. The van der Waals surface area contributed by atoms with Crippen LogP contribution in [0.2, 0.25) is 0 Å². The molecule has 0 aliphatic heterocycles. The van der Waals surface area contributed by atoms with Gasteiger partial charge in [0, 0.05) is 0 Å². The molecule has 0 unspecified atom stereocenters. The first kappa shape index (κ1) is 32.9. The molecule has 10 aromatic rings. The van der Waals surface area contributed by atoms with Crippen LogP contribution in [0.5, 0.6) is 0 Å². The highest BCUT2D eigenvalue weighted by Gasteiger charge is 2.31. The van der Waals surface area contributed by atoms with Crippen LogP contribution in [-0.2, 0) is 12.8 Å². The lowest BCUT2D eigenvalue weighted by Crippen LogP contribution is -2.20. The zero-order valence-corrected chi connectivity index (χ0v) is 33.4. The van der Waals surface area contributed by atoms with Crippen molar-refractivity contribution >= 4 is 81.9 Å². The van der Waals surface area contributed by atoms with Gasteiger partial charge >= 0.3 is 0 Å². The van der Waals surface area contributed by atoms with E-state index in [-0.39, 0.29) is 0 Å². The van der Waals surface area contributed by atoms with E-state index in [0.717, 1.165) is 38.5 Å². The van der Waals surface area contributed by atoms with Crippen molar-refractivity contribution in [2.24, 2.45) is 0 Å². The number of fused-ring (bicyclic) bond motifs is 12. The molecule has 0 N–H and O–H groups in total. The number of allylic oxidation sites excluding steroid dienone is 4. The Labute approximate surface area is 348 Å². The predicted molar refractivity (Wildman–Crippen MR) is 257 cm³/mol. The van der Waals surface area contributed by atoms with Gasteiger partial charge in [-0.3, -0.25) is 0 Å². The van der Waals surface area contributed by atoms with Crippen LogP contribution in [0, 0.1) is 0 Å². The van der Waals surface area contributed by atoms with Crippen molar-refractivity contribution in [3.63, 3.8) is 0 Å². The minimum absolute atomic E-state index is 1.07. The molecular formula is C60H40. The van der Waals surface area contributed by atoms with E-state index < -0.39 is 0 Å². The summed E-state index contributed by atoms with van der Waals surface area (Å²) < 4.78 is 0. The molecule has 0 fully saturated rings. The Balaban J connectivity index is 1.17. The van der Waals surface area contributed by atoms with Crippen LogP contribution in [-0.4, -0.2) is 0 Å². The molecule has 0 spiro atoms. The predicted octanol–water partition coefficient (Wildman–Crippen LogP) is 14.5. The van der Waals surface area contributed by atoms with E-state index in [1.807, 2.05) is 0 Å². The Bertz CT molecular complexity index is 3780. The summed E-state index contributed by atoms with van der Waals surface area (Å²) in [5.74, 6) is 0. The highest BCUT2D eigenvalue weighted by atomic mass is 14.3. The molecule has 4 aliphatic rings. The van der Waals surface area contributed by atoms with Gasteiger partial charge in [-0.15, -0.1) is 0 Å². The lowest BCUT2D eigenvalue weighted by atomic mass is 9.79. The van der Waals surface area contributed by atoms with Crippen molar-refractivity contribution in [2.45, 2.75) is 38.5 Å².